The lowest BCUT2D eigenvalue weighted by Gasteiger charge is -2.19. The molecule has 0 aliphatic rings. The van der Waals surface area contributed by atoms with Crippen LogP contribution < -0.4 is 10.6 Å². The molecule has 7 heteroatoms. The van der Waals surface area contributed by atoms with Crippen LogP contribution in [0.15, 0.2) is 36.3 Å². The lowest BCUT2D eigenvalue weighted by molar-refractivity contribution is 0.0993. The third kappa shape index (κ3) is 3.21. The van der Waals surface area contributed by atoms with E-state index in [1.807, 2.05) is 12.1 Å². The van der Waals surface area contributed by atoms with Crippen LogP contribution >= 0.6 is 59.1 Å². The van der Waals surface area contributed by atoms with Crippen LogP contribution in [0.3, 0.4) is 0 Å². The summed E-state index contributed by atoms with van der Waals surface area (Å²) in [5.74, 6) is -0.108. The van der Waals surface area contributed by atoms with Gasteiger partial charge in [0.15, 0.2) is 0 Å². The van der Waals surface area contributed by atoms with Gasteiger partial charge in [0, 0.05) is 11.5 Å². The Kier molecular flexibility index (Phi) is 4.70. The Bertz CT molecular complexity index is 642. The predicted molar refractivity (Wildman–Crippen MR) is 91.0 cm³/mol. The molecule has 2 rings (SSSR count). The summed E-state index contributed by atoms with van der Waals surface area (Å²) in [7, 11) is 1.71. The topological polar surface area (TPSA) is 46.3 Å². The smallest absolute Gasteiger partial charge is 0.260 e. The summed E-state index contributed by atoms with van der Waals surface area (Å²) in [6.07, 6.45) is 0. The number of nitrogens with zero attached hydrogens (tertiary/aromatic N) is 1. The summed E-state index contributed by atoms with van der Waals surface area (Å²) < 4.78 is 2.58. The second-order valence-corrected chi connectivity index (χ2v) is 8.47. The van der Waals surface area contributed by atoms with Crippen LogP contribution in [0.25, 0.3) is 0 Å². The van der Waals surface area contributed by atoms with Crippen molar-refractivity contribution in [1.82, 2.24) is 0 Å². The fourth-order valence-corrected chi connectivity index (χ4v) is 4.76. The van der Waals surface area contributed by atoms with E-state index in [-0.39, 0.29) is 5.91 Å². The molecule has 0 radical (unpaired) electrons. The van der Waals surface area contributed by atoms with Crippen LogP contribution in [0.5, 0.6) is 0 Å². The van der Waals surface area contributed by atoms with E-state index in [1.165, 1.54) is 11.3 Å². The Morgan fingerprint density at radius 2 is 1.95 bits per heavy atom. The van der Waals surface area contributed by atoms with Crippen molar-refractivity contribution in [1.29, 1.82) is 0 Å². The molecule has 0 spiro atoms. The number of carbonyl (C=O) groups excluding carboxylic acids is 1. The number of thiophene rings is 1. The molecule has 19 heavy (non-hydrogen) atoms. The average molecular weight is 469 g/mol. The van der Waals surface area contributed by atoms with E-state index in [0.29, 0.717) is 16.9 Å². The Balaban J connectivity index is 2.36. The van der Waals surface area contributed by atoms with Crippen molar-refractivity contribution in [3.05, 3.63) is 41.9 Å². The van der Waals surface area contributed by atoms with E-state index in [4.69, 9.17) is 5.73 Å². The first kappa shape index (κ1) is 15.0. The van der Waals surface area contributed by atoms with Gasteiger partial charge in [-0.15, -0.1) is 11.3 Å². The van der Waals surface area contributed by atoms with E-state index in [1.54, 1.807) is 24.1 Å². The number of halogens is 3. The number of nitrogens with two attached hydrogens (primary N) is 1. The second kappa shape index (κ2) is 5.95. The van der Waals surface area contributed by atoms with Gasteiger partial charge in [-0.25, -0.2) is 0 Å². The molecule has 1 aromatic heterocycles. The third-order valence-corrected chi connectivity index (χ3v) is 5.38. The van der Waals surface area contributed by atoms with Gasteiger partial charge in [-0.3, -0.25) is 4.79 Å². The SMILES string of the molecule is CN(C(=O)c1cc(Br)sc1Br)c1ccc(Br)cc1N. The molecule has 0 bridgehead atoms. The van der Waals surface area contributed by atoms with Gasteiger partial charge in [0.1, 0.15) is 0 Å². The summed E-state index contributed by atoms with van der Waals surface area (Å²) >= 11 is 11.6. The van der Waals surface area contributed by atoms with Crippen molar-refractivity contribution in [2.24, 2.45) is 0 Å². The summed E-state index contributed by atoms with van der Waals surface area (Å²) in [5.41, 5.74) is 7.79. The molecule has 3 nitrogen and oxygen atoms in total. The van der Waals surface area contributed by atoms with Gasteiger partial charge in [0.05, 0.1) is 24.5 Å². The number of rotatable bonds is 2. The number of nitrogen functional groups attached to an aromatic ring is 1. The van der Waals surface area contributed by atoms with Gasteiger partial charge >= 0.3 is 0 Å². The Labute approximate surface area is 140 Å². The van der Waals surface area contributed by atoms with Crippen molar-refractivity contribution in [3.8, 4) is 0 Å². The van der Waals surface area contributed by atoms with Gasteiger partial charge in [-0.05, 0) is 56.1 Å². The lowest BCUT2D eigenvalue weighted by atomic mass is 10.2. The molecule has 0 aliphatic carbocycles. The van der Waals surface area contributed by atoms with Crippen LogP contribution in [0.1, 0.15) is 10.4 Å². The highest BCUT2D eigenvalue weighted by atomic mass is 79.9. The monoisotopic (exact) mass is 466 g/mol. The van der Waals surface area contributed by atoms with E-state index >= 15 is 0 Å². The van der Waals surface area contributed by atoms with Crippen LogP contribution in [0.2, 0.25) is 0 Å². The van der Waals surface area contributed by atoms with E-state index in [0.717, 1.165) is 12.0 Å². The van der Waals surface area contributed by atoms with Crippen LogP contribution in [-0.2, 0) is 0 Å². The maximum absolute atomic E-state index is 12.4. The minimum atomic E-state index is -0.108. The Hall–Kier alpha value is -0.370. The van der Waals surface area contributed by atoms with Crippen molar-refractivity contribution in [2.75, 3.05) is 17.7 Å². The number of amides is 1. The fraction of sp³-hybridized carbons (Fsp3) is 0.0833. The molecule has 1 aromatic carbocycles. The highest BCUT2D eigenvalue weighted by Gasteiger charge is 2.20. The van der Waals surface area contributed by atoms with E-state index in [9.17, 15) is 4.79 Å². The largest absolute Gasteiger partial charge is 0.397 e. The number of anilines is 2. The molecule has 2 aromatic rings. The molecule has 1 amide bonds. The summed E-state index contributed by atoms with van der Waals surface area (Å²) in [4.78, 5) is 14.0. The summed E-state index contributed by atoms with van der Waals surface area (Å²) in [6, 6.07) is 7.24. The maximum atomic E-state index is 12.4. The van der Waals surface area contributed by atoms with Crippen LogP contribution in [-0.4, -0.2) is 13.0 Å². The molecule has 1 heterocycles. The molecule has 0 aliphatic heterocycles. The molecular formula is C12H9Br3N2OS. The third-order valence-electron chi connectivity index (χ3n) is 2.54. The van der Waals surface area contributed by atoms with Crippen molar-refractivity contribution >= 4 is 76.4 Å². The van der Waals surface area contributed by atoms with Gasteiger partial charge in [-0.1, -0.05) is 15.9 Å². The molecule has 2 N–H and O–H groups in total. The number of carbonyl (C=O) groups is 1. The van der Waals surface area contributed by atoms with E-state index in [2.05, 4.69) is 47.8 Å². The first-order valence-electron chi connectivity index (χ1n) is 5.18. The number of hydrogen-bond acceptors (Lipinski definition) is 3. The van der Waals surface area contributed by atoms with Gasteiger partial charge < -0.3 is 10.6 Å². The number of benzene rings is 1. The zero-order valence-electron chi connectivity index (χ0n) is 9.78. The summed E-state index contributed by atoms with van der Waals surface area (Å²) in [5, 5.41) is 0. The first-order chi connectivity index (χ1) is 8.90. The fourth-order valence-electron chi connectivity index (χ4n) is 1.61. The zero-order valence-corrected chi connectivity index (χ0v) is 15.4. The van der Waals surface area contributed by atoms with Gasteiger partial charge in [0.2, 0.25) is 0 Å². The zero-order chi connectivity index (χ0) is 14.2. The highest BCUT2D eigenvalue weighted by Crippen LogP contribution is 2.34. The molecule has 0 unspecified atom stereocenters. The Morgan fingerprint density at radius 3 is 2.47 bits per heavy atom. The minimum Gasteiger partial charge on any atom is -0.397 e. The van der Waals surface area contributed by atoms with Gasteiger partial charge in [0.25, 0.3) is 5.91 Å². The average Bonchev–Trinajstić information content (AvgIpc) is 2.67. The van der Waals surface area contributed by atoms with Crippen molar-refractivity contribution in [3.63, 3.8) is 0 Å². The van der Waals surface area contributed by atoms with Crippen LogP contribution in [0, 0.1) is 0 Å². The first-order valence-corrected chi connectivity index (χ1v) is 8.37. The minimum absolute atomic E-state index is 0.108. The quantitative estimate of drug-likeness (QED) is 0.637. The lowest BCUT2D eigenvalue weighted by Crippen LogP contribution is -2.26. The summed E-state index contributed by atoms with van der Waals surface area (Å²) in [6.45, 7) is 0. The maximum Gasteiger partial charge on any atom is 0.260 e. The highest BCUT2D eigenvalue weighted by molar-refractivity contribution is 9.12. The second-order valence-electron chi connectivity index (χ2n) is 3.81. The van der Waals surface area contributed by atoms with E-state index < -0.39 is 0 Å². The molecule has 0 fully saturated rings. The molecule has 0 atom stereocenters. The predicted octanol–water partition coefficient (Wildman–Crippen LogP) is 4.89. The standard InChI is InChI=1S/C12H9Br3N2OS/c1-17(9-3-2-6(13)4-8(9)16)12(18)7-5-10(14)19-11(7)15/h2-5H,16H2,1H3. The van der Waals surface area contributed by atoms with Crippen molar-refractivity contribution in [2.45, 2.75) is 0 Å². The van der Waals surface area contributed by atoms with Crippen molar-refractivity contribution < 1.29 is 4.79 Å². The van der Waals surface area contributed by atoms with Gasteiger partial charge in [-0.2, -0.15) is 0 Å². The van der Waals surface area contributed by atoms with Crippen LogP contribution in [0.4, 0.5) is 11.4 Å². The molecular weight excluding hydrogens is 460 g/mol. The molecule has 0 saturated carbocycles. The molecule has 0 saturated heterocycles. The normalized spacial score (nSPS) is 10.5. The Morgan fingerprint density at radius 1 is 1.26 bits per heavy atom. The number of hydrogen-bond donors (Lipinski definition) is 1. The molecule has 100 valence electrons.